The Bertz CT molecular complexity index is 417. The number of nitrogens with zero attached hydrogens (tertiary/aromatic N) is 3. The summed E-state index contributed by atoms with van der Waals surface area (Å²) in [5, 5.41) is 8.32. The number of rotatable bonds is 2. The molecule has 1 unspecified atom stereocenters. The van der Waals surface area contributed by atoms with Gasteiger partial charge in [0.2, 0.25) is 5.91 Å². The van der Waals surface area contributed by atoms with Crippen molar-refractivity contribution in [3.05, 3.63) is 24.3 Å². The van der Waals surface area contributed by atoms with Gasteiger partial charge in [-0.2, -0.15) is 12.6 Å². The van der Waals surface area contributed by atoms with Gasteiger partial charge in [0.25, 0.3) is 0 Å². The molecule has 2 heterocycles. The number of carbonyl (C=O) groups is 2. The van der Waals surface area contributed by atoms with Gasteiger partial charge in [-0.1, -0.05) is 0 Å². The summed E-state index contributed by atoms with van der Waals surface area (Å²) in [5.74, 6) is 0.0158. The lowest BCUT2D eigenvalue weighted by Gasteiger charge is -2.38. The van der Waals surface area contributed by atoms with Crippen LogP contribution in [0.4, 0.5) is 4.79 Å². The largest absolute Gasteiger partial charge is 0.465 e. The van der Waals surface area contributed by atoms with Gasteiger partial charge in [-0.05, 0) is 6.07 Å². The molecule has 84 valence electrons. The maximum Gasteiger partial charge on any atom is 0.414 e. The van der Waals surface area contributed by atoms with Crippen molar-refractivity contribution in [3.8, 4) is 0 Å². The molecular formula is C9H9N3O3S. The van der Waals surface area contributed by atoms with Gasteiger partial charge in [-0.25, -0.2) is 19.7 Å². The molecule has 0 saturated carbocycles. The molecule has 1 N–H and O–H groups in total. The van der Waals surface area contributed by atoms with Crippen LogP contribution in [0.2, 0.25) is 0 Å². The first-order valence-electron chi connectivity index (χ1n) is 4.61. The zero-order chi connectivity index (χ0) is 11.7. The monoisotopic (exact) mass is 239 g/mol. The summed E-state index contributed by atoms with van der Waals surface area (Å²) in [6, 6.07) is 1.18. The molecule has 2 amide bonds. The van der Waals surface area contributed by atoms with E-state index < -0.39 is 23.3 Å². The zero-order valence-corrected chi connectivity index (χ0v) is 9.04. The van der Waals surface area contributed by atoms with Crippen LogP contribution in [0.5, 0.6) is 0 Å². The van der Waals surface area contributed by atoms with Gasteiger partial charge in [0.05, 0.1) is 11.3 Å². The van der Waals surface area contributed by atoms with Crippen molar-refractivity contribution in [2.45, 2.75) is 17.7 Å². The third-order valence-corrected chi connectivity index (χ3v) is 2.98. The maximum atomic E-state index is 11.1. The van der Waals surface area contributed by atoms with E-state index in [9.17, 15) is 9.59 Å². The normalized spacial score (nSPS) is 21.4. The summed E-state index contributed by atoms with van der Waals surface area (Å²) in [7, 11) is 0. The Hall–Kier alpha value is -1.63. The average Bonchev–Trinajstić information content (AvgIpc) is 2.25. The summed E-state index contributed by atoms with van der Waals surface area (Å²) in [6.07, 6.45) is 2.02. The lowest BCUT2D eigenvalue weighted by Crippen LogP contribution is -2.56. The van der Waals surface area contributed by atoms with Gasteiger partial charge in [-0.15, -0.1) is 0 Å². The predicted octanol–water partition coefficient (Wildman–Crippen LogP) is 0.726. The first kappa shape index (κ1) is 10.9. The molecule has 1 fully saturated rings. The van der Waals surface area contributed by atoms with Gasteiger partial charge in [0.15, 0.2) is 0 Å². The van der Waals surface area contributed by atoms with Crippen molar-refractivity contribution < 1.29 is 14.7 Å². The maximum absolute atomic E-state index is 11.1. The van der Waals surface area contributed by atoms with E-state index in [4.69, 9.17) is 5.11 Å². The van der Waals surface area contributed by atoms with Crippen molar-refractivity contribution in [1.82, 2.24) is 14.9 Å². The van der Waals surface area contributed by atoms with Crippen LogP contribution >= 0.6 is 12.6 Å². The standard InChI is InChI=1S/C9H9N3O3S/c13-6-4-5(12(6)9(14)15)7(16)8-10-2-1-3-11-8/h1-3,5,7,16H,4H2,(H,14,15)/t5?,7-/m1/s1. The second-order valence-corrected chi connectivity index (χ2v) is 3.93. The first-order chi connectivity index (χ1) is 7.61. The zero-order valence-electron chi connectivity index (χ0n) is 8.15. The van der Waals surface area contributed by atoms with Gasteiger partial charge in [0.1, 0.15) is 5.82 Å². The second kappa shape index (κ2) is 4.09. The number of imide groups is 1. The van der Waals surface area contributed by atoms with Crippen LogP contribution in [0.25, 0.3) is 0 Å². The number of β-lactam (4-membered cyclic amide) rings is 1. The number of hydrogen-bond acceptors (Lipinski definition) is 5. The number of carbonyl (C=O) groups excluding carboxylic acids is 1. The highest BCUT2D eigenvalue weighted by Gasteiger charge is 2.45. The highest BCUT2D eigenvalue weighted by Crippen LogP contribution is 2.33. The number of aromatic nitrogens is 2. The smallest absolute Gasteiger partial charge is 0.414 e. The molecule has 1 aliphatic rings. The van der Waals surface area contributed by atoms with Crippen LogP contribution in [0.1, 0.15) is 17.5 Å². The van der Waals surface area contributed by atoms with Crippen molar-refractivity contribution in [2.75, 3.05) is 0 Å². The summed E-state index contributed by atoms with van der Waals surface area (Å²) in [4.78, 5) is 30.6. The summed E-state index contributed by atoms with van der Waals surface area (Å²) in [6.45, 7) is 0. The Labute approximate surface area is 96.7 Å². The molecule has 16 heavy (non-hydrogen) atoms. The van der Waals surface area contributed by atoms with E-state index in [2.05, 4.69) is 22.6 Å². The van der Waals surface area contributed by atoms with Crippen LogP contribution in [0.3, 0.4) is 0 Å². The molecule has 2 rings (SSSR count). The second-order valence-electron chi connectivity index (χ2n) is 3.37. The summed E-state index contributed by atoms with van der Waals surface area (Å²) in [5.41, 5.74) is 0. The van der Waals surface area contributed by atoms with Gasteiger partial charge in [-0.3, -0.25) is 4.79 Å². The molecule has 0 aromatic carbocycles. The van der Waals surface area contributed by atoms with Crippen LogP contribution in [0, 0.1) is 0 Å². The Morgan fingerprint density at radius 3 is 2.69 bits per heavy atom. The van der Waals surface area contributed by atoms with Crippen molar-refractivity contribution >= 4 is 24.6 Å². The number of hydrogen-bond donors (Lipinski definition) is 2. The predicted molar refractivity (Wildman–Crippen MR) is 57.0 cm³/mol. The van der Waals surface area contributed by atoms with Crippen LogP contribution in [0.15, 0.2) is 18.5 Å². The molecule has 7 heteroatoms. The van der Waals surface area contributed by atoms with Crippen molar-refractivity contribution in [2.24, 2.45) is 0 Å². The number of likely N-dealkylation sites (tertiary alicyclic amines) is 1. The highest BCUT2D eigenvalue weighted by molar-refractivity contribution is 7.80. The van der Waals surface area contributed by atoms with E-state index in [-0.39, 0.29) is 6.42 Å². The first-order valence-corrected chi connectivity index (χ1v) is 5.13. The minimum absolute atomic E-state index is 0.165. The molecule has 1 aromatic rings. The van der Waals surface area contributed by atoms with Crippen molar-refractivity contribution in [3.63, 3.8) is 0 Å². The van der Waals surface area contributed by atoms with Crippen LogP contribution in [-0.4, -0.2) is 38.0 Å². The average molecular weight is 239 g/mol. The Kier molecular flexibility index (Phi) is 2.78. The molecule has 0 bridgehead atoms. The minimum Gasteiger partial charge on any atom is -0.465 e. The fourth-order valence-corrected chi connectivity index (χ4v) is 1.95. The molecular weight excluding hydrogens is 230 g/mol. The molecule has 1 aromatic heterocycles. The van der Waals surface area contributed by atoms with Crippen LogP contribution in [-0.2, 0) is 4.79 Å². The van der Waals surface area contributed by atoms with E-state index in [1.807, 2.05) is 0 Å². The molecule has 0 radical (unpaired) electrons. The van der Waals surface area contributed by atoms with Gasteiger partial charge >= 0.3 is 6.09 Å². The molecule has 1 aliphatic heterocycles. The topological polar surface area (TPSA) is 83.4 Å². The molecule has 6 nitrogen and oxygen atoms in total. The lowest BCUT2D eigenvalue weighted by molar-refractivity contribution is -0.142. The fraction of sp³-hybridized carbons (Fsp3) is 0.333. The number of thiol groups is 1. The SMILES string of the molecule is O=C(O)N1C(=O)CC1[C@@H](S)c1ncccn1. The van der Waals surface area contributed by atoms with E-state index >= 15 is 0 Å². The third-order valence-electron chi connectivity index (χ3n) is 2.40. The molecule has 0 aliphatic carbocycles. The summed E-state index contributed by atoms with van der Waals surface area (Å²) >= 11 is 4.26. The molecule has 1 saturated heterocycles. The Morgan fingerprint density at radius 1 is 1.56 bits per heavy atom. The molecule has 0 spiro atoms. The van der Waals surface area contributed by atoms with E-state index in [1.165, 1.54) is 0 Å². The van der Waals surface area contributed by atoms with Gasteiger partial charge in [0, 0.05) is 18.8 Å². The Morgan fingerprint density at radius 2 is 2.19 bits per heavy atom. The van der Waals surface area contributed by atoms with Crippen LogP contribution < -0.4 is 0 Å². The van der Waals surface area contributed by atoms with Gasteiger partial charge < -0.3 is 5.11 Å². The lowest BCUT2D eigenvalue weighted by atomic mass is 9.98. The van der Waals surface area contributed by atoms with E-state index in [0.29, 0.717) is 5.82 Å². The third kappa shape index (κ3) is 1.73. The minimum atomic E-state index is -1.25. The highest BCUT2D eigenvalue weighted by atomic mass is 32.1. The van der Waals surface area contributed by atoms with E-state index in [1.54, 1.807) is 18.5 Å². The van der Waals surface area contributed by atoms with E-state index in [0.717, 1.165) is 4.90 Å². The number of amides is 2. The number of carboxylic acid groups (broad SMARTS) is 1. The Balaban J connectivity index is 2.15. The van der Waals surface area contributed by atoms with Crippen molar-refractivity contribution in [1.29, 1.82) is 0 Å². The quantitative estimate of drug-likeness (QED) is 0.587. The molecule has 2 atom stereocenters. The summed E-state index contributed by atoms with van der Waals surface area (Å²) < 4.78 is 0. The fourth-order valence-electron chi connectivity index (χ4n) is 1.58.